The Balaban J connectivity index is 2.36. The monoisotopic (exact) mass is 354 g/mol. The summed E-state index contributed by atoms with van der Waals surface area (Å²) in [5, 5.41) is 2.05. The van der Waals surface area contributed by atoms with Crippen LogP contribution in [0.25, 0.3) is 10.8 Å². The van der Waals surface area contributed by atoms with E-state index in [2.05, 4.69) is 22.6 Å². The fourth-order valence-electron chi connectivity index (χ4n) is 1.64. The molecule has 0 N–H and O–H groups in total. The molecule has 0 amide bonds. The molecule has 0 saturated carbocycles. The van der Waals surface area contributed by atoms with Crippen LogP contribution < -0.4 is 4.74 Å². The summed E-state index contributed by atoms with van der Waals surface area (Å²) in [6, 6.07) is 13.6. The van der Waals surface area contributed by atoms with E-state index in [-0.39, 0.29) is 5.97 Å². The Morgan fingerprint density at radius 2 is 1.89 bits per heavy atom. The van der Waals surface area contributed by atoms with E-state index < -0.39 is 3.42 Å². The third-order valence-electron chi connectivity index (χ3n) is 3.04. The van der Waals surface area contributed by atoms with Crippen molar-refractivity contribution >= 4 is 39.3 Å². The van der Waals surface area contributed by atoms with Crippen LogP contribution in [0.5, 0.6) is 5.75 Å². The quantitative estimate of drug-likeness (QED) is 0.355. The molecular weight excluding hydrogens is 339 g/mol. The first-order valence-corrected chi connectivity index (χ1v) is 7.01. The Morgan fingerprint density at radius 3 is 2.61 bits per heavy atom. The summed E-state index contributed by atoms with van der Waals surface area (Å²) in [6.07, 6.45) is 0.747. The van der Waals surface area contributed by atoms with E-state index in [0.29, 0.717) is 5.75 Å². The van der Waals surface area contributed by atoms with Gasteiger partial charge in [0.1, 0.15) is 9.17 Å². The highest BCUT2D eigenvalue weighted by Gasteiger charge is 2.30. The van der Waals surface area contributed by atoms with Gasteiger partial charge in [0.2, 0.25) is 0 Å². The average Bonchev–Trinajstić information content (AvgIpc) is 2.39. The lowest BCUT2D eigenvalue weighted by atomic mass is 10.1. The van der Waals surface area contributed by atoms with Gasteiger partial charge in [-0.1, -0.05) is 65.9 Å². The SMILES string of the molecule is CCC(C)(I)C(=O)Oc1cccc2ccccc12. The van der Waals surface area contributed by atoms with Crippen molar-refractivity contribution in [2.75, 3.05) is 0 Å². The number of carbonyl (C=O) groups excluding carboxylic acids is 1. The minimum Gasteiger partial charge on any atom is -0.425 e. The van der Waals surface area contributed by atoms with Crippen LogP contribution in [0.15, 0.2) is 42.5 Å². The van der Waals surface area contributed by atoms with Crippen molar-refractivity contribution in [3.8, 4) is 5.75 Å². The molecule has 18 heavy (non-hydrogen) atoms. The number of fused-ring (bicyclic) bond motifs is 1. The summed E-state index contributed by atoms with van der Waals surface area (Å²) < 4.78 is 5.06. The van der Waals surface area contributed by atoms with Crippen LogP contribution in [-0.2, 0) is 4.79 Å². The van der Waals surface area contributed by atoms with Gasteiger partial charge in [0.25, 0.3) is 0 Å². The lowest BCUT2D eigenvalue weighted by Gasteiger charge is -2.18. The summed E-state index contributed by atoms with van der Waals surface area (Å²) in [7, 11) is 0. The first-order chi connectivity index (χ1) is 8.54. The molecule has 0 spiro atoms. The fourth-order valence-corrected chi connectivity index (χ4v) is 1.75. The number of carbonyl (C=O) groups is 1. The molecule has 0 aromatic heterocycles. The van der Waals surface area contributed by atoms with Crippen molar-refractivity contribution in [3.05, 3.63) is 42.5 Å². The van der Waals surface area contributed by atoms with Crippen LogP contribution in [0.3, 0.4) is 0 Å². The molecule has 2 rings (SSSR count). The third-order valence-corrected chi connectivity index (χ3v) is 4.25. The van der Waals surface area contributed by atoms with Crippen molar-refractivity contribution in [1.82, 2.24) is 0 Å². The van der Waals surface area contributed by atoms with Crippen LogP contribution >= 0.6 is 22.6 Å². The Morgan fingerprint density at radius 1 is 1.22 bits per heavy atom. The molecule has 0 aliphatic rings. The molecule has 1 atom stereocenters. The molecule has 2 aromatic rings. The highest BCUT2D eigenvalue weighted by molar-refractivity contribution is 14.1. The van der Waals surface area contributed by atoms with Gasteiger partial charge in [-0.25, -0.2) is 0 Å². The zero-order valence-corrected chi connectivity index (χ0v) is 12.6. The highest BCUT2D eigenvalue weighted by atomic mass is 127. The summed E-state index contributed by atoms with van der Waals surface area (Å²) in [5.74, 6) is 0.441. The van der Waals surface area contributed by atoms with Gasteiger partial charge in [-0.2, -0.15) is 0 Å². The van der Waals surface area contributed by atoms with Crippen LogP contribution in [-0.4, -0.2) is 9.39 Å². The van der Waals surface area contributed by atoms with Gasteiger partial charge < -0.3 is 4.74 Å². The highest BCUT2D eigenvalue weighted by Crippen LogP contribution is 2.29. The van der Waals surface area contributed by atoms with Gasteiger partial charge in [0.15, 0.2) is 0 Å². The molecule has 0 saturated heterocycles. The maximum atomic E-state index is 12.1. The molecule has 0 aliphatic heterocycles. The minimum atomic E-state index is -0.477. The van der Waals surface area contributed by atoms with Crippen molar-refractivity contribution in [2.24, 2.45) is 0 Å². The third kappa shape index (κ3) is 2.66. The summed E-state index contributed by atoms with van der Waals surface area (Å²) in [4.78, 5) is 12.1. The van der Waals surface area contributed by atoms with Crippen molar-refractivity contribution in [3.63, 3.8) is 0 Å². The lowest BCUT2D eigenvalue weighted by Crippen LogP contribution is -2.31. The summed E-state index contributed by atoms with van der Waals surface area (Å²) >= 11 is 2.14. The normalized spacial score (nSPS) is 14.2. The smallest absolute Gasteiger partial charge is 0.327 e. The maximum absolute atomic E-state index is 12.1. The molecule has 2 nitrogen and oxygen atoms in total. The molecule has 2 aromatic carbocycles. The van der Waals surface area contributed by atoms with Crippen LogP contribution in [0.2, 0.25) is 0 Å². The second-order valence-corrected chi connectivity index (χ2v) is 6.80. The van der Waals surface area contributed by atoms with E-state index in [1.807, 2.05) is 56.3 Å². The van der Waals surface area contributed by atoms with E-state index in [1.54, 1.807) is 0 Å². The van der Waals surface area contributed by atoms with Crippen molar-refractivity contribution in [1.29, 1.82) is 0 Å². The Kier molecular flexibility index (Phi) is 3.90. The first-order valence-electron chi connectivity index (χ1n) is 5.93. The predicted molar refractivity (Wildman–Crippen MR) is 82.3 cm³/mol. The first kappa shape index (κ1) is 13.3. The van der Waals surface area contributed by atoms with Gasteiger partial charge >= 0.3 is 5.97 Å². The number of ether oxygens (including phenoxy) is 1. The number of benzene rings is 2. The number of alkyl halides is 1. The molecule has 3 heteroatoms. The Labute approximate surface area is 120 Å². The Hall–Kier alpha value is -1.10. The standard InChI is InChI=1S/C15H15IO2/c1-3-15(2,16)14(17)18-13-10-6-8-11-7-4-5-9-12(11)13/h4-10H,3H2,1-2H3. The molecule has 1 unspecified atom stereocenters. The van der Waals surface area contributed by atoms with Gasteiger partial charge in [-0.3, -0.25) is 4.79 Å². The van der Waals surface area contributed by atoms with E-state index in [1.165, 1.54) is 0 Å². The number of hydrogen-bond acceptors (Lipinski definition) is 2. The van der Waals surface area contributed by atoms with Gasteiger partial charge in [-0.15, -0.1) is 0 Å². The molecule has 0 heterocycles. The average molecular weight is 354 g/mol. The molecule has 0 aliphatic carbocycles. The van der Waals surface area contributed by atoms with E-state index in [4.69, 9.17) is 4.74 Å². The lowest BCUT2D eigenvalue weighted by molar-refractivity contribution is -0.136. The molecule has 94 valence electrons. The number of rotatable bonds is 3. The zero-order chi connectivity index (χ0) is 13.2. The van der Waals surface area contributed by atoms with E-state index in [0.717, 1.165) is 17.2 Å². The van der Waals surface area contributed by atoms with E-state index in [9.17, 15) is 4.79 Å². The van der Waals surface area contributed by atoms with E-state index >= 15 is 0 Å². The van der Waals surface area contributed by atoms with Crippen LogP contribution in [0.4, 0.5) is 0 Å². The molecule has 0 fully saturated rings. The van der Waals surface area contributed by atoms with Crippen molar-refractivity contribution in [2.45, 2.75) is 23.7 Å². The van der Waals surface area contributed by atoms with Crippen LogP contribution in [0, 0.1) is 0 Å². The molecule has 0 bridgehead atoms. The predicted octanol–water partition coefficient (Wildman–Crippen LogP) is 4.35. The fraction of sp³-hybridized carbons (Fsp3) is 0.267. The second kappa shape index (κ2) is 5.26. The zero-order valence-electron chi connectivity index (χ0n) is 10.4. The van der Waals surface area contributed by atoms with Gasteiger partial charge in [0, 0.05) is 5.39 Å². The molecule has 0 radical (unpaired) electrons. The Bertz CT molecular complexity index is 570. The number of halogens is 1. The number of hydrogen-bond donors (Lipinski definition) is 0. The maximum Gasteiger partial charge on any atom is 0.327 e. The topological polar surface area (TPSA) is 26.3 Å². The van der Waals surface area contributed by atoms with Crippen LogP contribution in [0.1, 0.15) is 20.3 Å². The largest absolute Gasteiger partial charge is 0.425 e. The molecular formula is C15H15IO2. The summed E-state index contributed by atoms with van der Waals surface area (Å²) in [5.41, 5.74) is 0. The second-order valence-electron chi connectivity index (χ2n) is 4.42. The number of esters is 1. The minimum absolute atomic E-state index is 0.193. The van der Waals surface area contributed by atoms with Crippen molar-refractivity contribution < 1.29 is 9.53 Å². The summed E-state index contributed by atoms with van der Waals surface area (Å²) in [6.45, 7) is 3.87. The van der Waals surface area contributed by atoms with Gasteiger partial charge in [0.05, 0.1) is 0 Å². The van der Waals surface area contributed by atoms with Gasteiger partial charge in [-0.05, 0) is 24.8 Å².